The van der Waals surface area contributed by atoms with Crippen LogP contribution in [0.2, 0.25) is 0 Å². The van der Waals surface area contributed by atoms with Crippen LogP contribution in [0.15, 0.2) is 0 Å². The van der Waals surface area contributed by atoms with Crippen molar-refractivity contribution in [1.82, 2.24) is 10.2 Å². The molecule has 0 radical (unpaired) electrons. The minimum Gasteiger partial charge on any atom is -0.314 e. The fraction of sp³-hybridized carbons (Fsp3) is 1.00. The fourth-order valence-electron chi connectivity index (χ4n) is 1.82. The molecule has 1 heterocycles. The van der Waals surface area contributed by atoms with E-state index >= 15 is 0 Å². The summed E-state index contributed by atoms with van der Waals surface area (Å²) in [4.78, 5) is 2.36. The van der Waals surface area contributed by atoms with Gasteiger partial charge in [-0.1, -0.05) is 20.8 Å². The van der Waals surface area contributed by atoms with Gasteiger partial charge >= 0.3 is 0 Å². The Morgan fingerprint density at radius 1 is 1.45 bits per heavy atom. The molecule has 0 aromatic rings. The third kappa shape index (κ3) is 2.46. The molecule has 0 aromatic carbocycles. The second kappa shape index (κ2) is 3.11. The zero-order valence-electron chi connectivity index (χ0n) is 8.15. The molecule has 2 heteroatoms. The number of hydrogen-bond acceptors (Lipinski definition) is 2. The number of likely N-dealkylation sites (tertiary alicyclic amines) is 1. The van der Waals surface area contributed by atoms with E-state index in [-0.39, 0.29) is 0 Å². The summed E-state index contributed by atoms with van der Waals surface area (Å²) in [6.45, 7) is 10.4. The Kier molecular flexibility index (Phi) is 2.55. The topological polar surface area (TPSA) is 15.3 Å². The van der Waals surface area contributed by atoms with E-state index in [0.717, 1.165) is 6.54 Å². The van der Waals surface area contributed by atoms with Gasteiger partial charge < -0.3 is 10.2 Å². The van der Waals surface area contributed by atoms with Crippen molar-refractivity contribution >= 4 is 0 Å². The van der Waals surface area contributed by atoms with E-state index in [4.69, 9.17) is 0 Å². The first-order valence-electron chi connectivity index (χ1n) is 4.44. The summed E-state index contributed by atoms with van der Waals surface area (Å²) in [6.07, 6.45) is 0. The maximum Gasteiger partial charge on any atom is 0.00570 e. The van der Waals surface area contributed by atoms with E-state index in [2.05, 4.69) is 38.0 Å². The normalized spacial score (nSPS) is 23.7. The van der Waals surface area contributed by atoms with E-state index in [1.54, 1.807) is 0 Å². The lowest BCUT2D eigenvalue weighted by Crippen LogP contribution is -2.57. The van der Waals surface area contributed by atoms with E-state index < -0.39 is 0 Å². The zero-order valence-corrected chi connectivity index (χ0v) is 8.15. The van der Waals surface area contributed by atoms with Gasteiger partial charge in [0.2, 0.25) is 0 Å². The zero-order chi connectivity index (χ0) is 8.48. The molecule has 0 aliphatic carbocycles. The van der Waals surface area contributed by atoms with Crippen LogP contribution < -0.4 is 5.32 Å². The molecule has 1 saturated heterocycles. The Bertz CT molecular complexity index is 126. The van der Waals surface area contributed by atoms with Crippen molar-refractivity contribution in [2.45, 2.75) is 26.8 Å². The van der Waals surface area contributed by atoms with Crippen molar-refractivity contribution in [3.8, 4) is 0 Å². The second-order valence-corrected chi connectivity index (χ2v) is 4.52. The number of hydrogen-bond donors (Lipinski definition) is 1. The number of nitrogens with one attached hydrogen (secondary N) is 1. The Labute approximate surface area is 70.0 Å². The molecule has 0 bridgehead atoms. The third-order valence-electron chi connectivity index (χ3n) is 2.24. The number of rotatable bonds is 3. The standard InChI is InChI=1S/C9H20N2/c1-8(2)10-5-9(3)6-11(4)7-9/h8,10H,5-7H2,1-4H3. The molecule has 0 amide bonds. The lowest BCUT2D eigenvalue weighted by molar-refractivity contribution is 0.0381. The molecule has 1 rings (SSSR count). The van der Waals surface area contributed by atoms with Crippen molar-refractivity contribution in [2.24, 2.45) is 5.41 Å². The highest BCUT2D eigenvalue weighted by atomic mass is 15.2. The molecular weight excluding hydrogens is 136 g/mol. The van der Waals surface area contributed by atoms with Crippen LogP contribution in [0, 0.1) is 5.41 Å². The van der Waals surface area contributed by atoms with E-state index in [9.17, 15) is 0 Å². The highest BCUT2D eigenvalue weighted by Gasteiger charge is 2.35. The van der Waals surface area contributed by atoms with Crippen molar-refractivity contribution < 1.29 is 0 Å². The molecule has 11 heavy (non-hydrogen) atoms. The summed E-state index contributed by atoms with van der Waals surface area (Å²) in [7, 11) is 2.18. The quantitative estimate of drug-likeness (QED) is 0.654. The third-order valence-corrected chi connectivity index (χ3v) is 2.24. The Balaban J connectivity index is 2.16. The summed E-state index contributed by atoms with van der Waals surface area (Å²) in [5.74, 6) is 0. The van der Waals surface area contributed by atoms with Gasteiger partial charge in [0.1, 0.15) is 0 Å². The molecule has 2 nitrogen and oxygen atoms in total. The molecule has 0 saturated carbocycles. The molecule has 66 valence electrons. The average molecular weight is 156 g/mol. The minimum absolute atomic E-state index is 0.541. The van der Waals surface area contributed by atoms with Gasteiger partial charge in [0, 0.05) is 31.1 Å². The highest BCUT2D eigenvalue weighted by molar-refractivity contribution is 4.91. The van der Waals surface area contributed by atoms with Crippen LogP contribution in [0.3, 0.4) is 0 Å². The van der Waals surface area contributed by atoms with Gasteiger partial charge in [-0.3, -0.25) is 0 Å². The predicted molar refractivity (Wildman–Crippen MR) is 48.7 cm³/mol. The summed E-state index contributed by atoms with van der Waals surface area (Å²) in [6, 6.07) is 0.623. The highest BCUT2D eigenvalue weighted by Crippen LogP contribution is 2.26. The van der Waals surface area contributed by atoms with Gasteiger partial charge in [-0.25, -0.2) is 0 Å². The van der Waals surface area contributed by atoms with Gasteiger partial charge in [0.05, 0.1) is 0 Å². The van der Waals surface area contributed by atoms with Gasteiger partial charge in [0.15, 0.2) is 0 Å². The Morgan fingerprint density at radius 2 is 2.00 bits per heavy atom. The van der Waals surface area contributed by atoms with Crippen molar-refractivity contribution in [3.05, 3.63) is 0 Å². The van der Waals surface area contributed by atoms with Crippen LogP contribution in [-0.4, -0.2) is 37.6 Å². The van der Waals surface area contributed by atoms with Crippen LogP contribution in [0.1, 0.15) is 20.8 Å². The molecule has 0 aromatic heterocycles. The lowest BCUT2D eigenvalue weighted by Gasteiger charge is -2.46. The maximum absolute atomic E-state index is 3.48. The maximum atomic E-state index is 3.48. The molecule has 1 aliphatic rings. The first-order valence-corrected chi connectivity index (χ1v) is 4.44. The van der Waals surface area contributed by atoms with Crippen molar-refractivity contribution in [1.29, 1.82) is 0 Å². The van der Waals surface area contributed by atoms with Gasteiger partial charge in [-0.2, -0.15) is 0 Å². The predicted octanol–water partition coefficient (Wildman–Crippen LogP) is 0.936. The molecule has 1 fully saturated rings. The molecule has 1 N–H and O–H groups in total. The molecule has 0 unspecified atom stereocenters. The molecule has 1 aliphatic heterocycles. The van der Waals surface area contributed by atoms with Crippen LogP contribution in [0.25, 0.3) is 0 Å². The summed E-state index contributed by atoms with van der Waals surface area (Å²) >= 11 is 0. The molecular formula is C9H20N2. The summed E-state index contributed by atoms with van der Waals surface area (Å²) in [5, 5.41) is 3.48. The second-order valence-electron chi connectivity index (χ2n) is 4.52. The van der Waals surface area contributed by atoms with Crippen LogP contribution in [0.5, 0.6) is 0 Å². The smallest absolute Gasteiger partial charge is 0.00570 e. The van der Waals surface area contributed by atoms with Gasteiger partial charge in [0.25, 0.3) is 0 Å². The molecule has 0 atom stereocenters. The number of nitrogens with zero attached hydrogens (tertiary/aromatic N) is 1. The van der Waals surface area contributed by atoms with Crippen LogP contribution in [0.4, 0.5) is 0 Å². The average Bonchev–Trinajstić information content (AvgIpc) is 1.81. The largest absolute Gasteiger partial charge is 0.314 e. The first-order chi connectivity index (χ1) is 5.02. The van der Waals surface area contributed by atoms with Crippen LogP contribution >= 0.6 is 0 Å². The van der Waals surface area contributed by atoms with Gasteiger partial charge in [-0.15, -0.1) is 0 Å². The fourth-order valence-corrected chi connectivity index (χ4v) is 1.82. The first kappa shape index (κ1) is 9.01. The van der Waals surface area contributed by atoms with Crippen molar-refractivity contribution in [2.75, 3.05) is 26.7 Å². The molecule has 0 spiro atoms. The summed E-state index contributed by atoms with van der Waals surface area (Å²) in [5.41, 5.74) is 0.541. The minimum atomic E-state index is 0.541. The van der Waals surface area contributed by atoms with E-state index in [0.29, 0.717) is 11.5 Å². The lowest BCUT2D eigenvalue weighted by atomic mass is 9.82. The monoisotopic (exact) mass is 156 g/mol. The summed E-state index contributed by atoms with van der Waals surface area (Å²) < 4.78 is 0. The van der Waals surface area contributed by atoms with Gasteiger partial charge in [-0.05, 0) is 7.05 Å². The van der Waals surface area contributed by atoms with Crippen LogP contribution in [-0.2, 0) is 0 Å². The van der Waals surface area contributed by atoms with E-state index in [1.807, 2.05) is 0 Å². The van der Waals surface area contributed by atoms with Crippen molar-refractivity contribution in [3.63, 3.8) is 0 Å². The SMILES string of the molecule is CC(C)NCC1(C)CN(C)C1. The Hall–Kier alpha value is -0.0800. The van der Waals surface area contributed by atoms with E-state index in [1.165, 1.54) is 13.1 Å². The Morgan fingerprint density at radius 3 is 2.36 bits per heavy atom.